The molecule has 3 aliphatic heterocycles. The fourth-order valence-electron chi connectivity index (χ4n) is 6.65. The van der Waals surface area contributed by atoms with Gasteiger partial charge >= 0.3 is 0 Å². The largest absolute Gasteiger partial charge is 0.491 e. The number of benzene rings is 1. The van der Waals surface area contributed by atoms with Crippen molar-refractivity contribution in [3.8, 4) is 5.75 Å². The molecule has 0 saturated carbocycles. The lowest BCUT2D eigenvalue weighted by molar-refractivity contribution is -0.136. The average molecular weight is 423 g/mol. The summed E-state index contributed by atoms with van der Waals surface area (Å²) in [5, 5.41) is 0. The first-order chi connectivity index (χ1) is 15.1. The van der Waals surface area contributed by atoms with Crippen LogP contribution in [0.25, 0.3) is 0 Å². The van der Waals surface area contributed by atoms with Gasteiger partial charge in [-0.15, -0.1) is 0 Å². The number of carbonyl (C=O) groups is 1. The van der Waals surface area contributed by atoms with Gasteiger partial charge in [-0.05, 0) is 88.4 Å². The van der Waals surface area contributed by atoms with E-state index in [1.54, 1.807) is 5.57 Å². The van der Waals surface area contributed by atoms with Crippen LogP contribution >= 0.6 is 0 Å². The second-order valence-corrected chi connectivity index (χ2v) is 10.4. The molecular formula is C27H38N2O2. The zero-order valence-electron chi connectivity index (χ0n) is 19.3. The third-order valence-electron chi connectivity index (χ3n) is 7.90. The number of hydrogen-bond donors (Lipinski definition) is 0. The van der Waals surface area contributed by atoms with Crippen LogP contribution in [0.5, 0.6) is 5.75 Å². The minimum Gasteiger partial charge on any atom is -0.491 e. The van der Waals surface area contributed by atoms with Gasteiger partial charge in [-0.25, -0.2) is 0 Å². The molecule has 168 valence electrons. The predicted molar refractivity (Wildman–Crippen MR) is 124 cm³/mol. The molecule has 3 saturated heterocycles. The molecule has 0 aromatic heterocycles. The topological polar surface area (TPSA) is 32.8 Å². The van der Waals surface area contributed by atoms with E-state index in [2.05, 4.69) is 28.0 Å². The van der Waals surface area contributed by atoms with Gasteiger partial charge in [-0.3, -0.25) is 9.69 Å². The summed E-state index contributed by atoms with van der Waals surface area (Å²) < 4.78 is 5.74. The van der Waals surface area contributed by atoms with Gasteiger partial charge in [-0.2, -0.15) is 0 Å². The Balaban J connectivity index is 1.25. The molecule has 1 aromatic rings. The molecule has 2 bridgehead atoms. The number of carbonyl (C=O) groups excluding carboxylic acids is 1. The number of hydrogen-bond acceptors (Lipinski definition) is 3. The number of amides is 1. The number of aryl methyl sites for hydroxylation is 1. The van der Waals surface area contributed by atoms with Crippen molar-refractivity contribution in [3.63, 3.8) is 0 Å². The molecular weight excluding hydrogens is 384 g/mol. The summed E-state index contributed by atoms with van der Waals surface area (Å²) in [7, 11) is 0. The monoisotopic (exact) mass is 422 g/mol. The van der Waals surface area contributed by atoms with Crippen molar-refractivity contribution < 1.29 is 9.53 Å². The van der Waals surface area contributed by atoms with Gasteiger partial charge < -0.3 is 9.64 Å². The number of likely N-dealkylation sites (tertiary alicyclic amines) is 1. The molecule has 4 atom stereocenters. The van der Waals surface area contributed by atoms with Gasteiger partial charge in [0, 0.05) is 25.6 Å². The normalized spacial score (nSPS) is 30.4. The van der Waals surface area contributed by atoms with E-state index in [1.807, 2.05) is 26.0 Å². The van der Waals surface area contributed by atoms with E-state index >= 15 is 0 Å². The second kappa shape index (κ2) is 8.97. The van der Waals surface area contributed by atoms with Crippen LogP contribution in [0.2, 0.25) is 0 Å². The Morgan fingerprint density at radius 2 is 1.97 bits per heavy atom. The second-order valence-electron chi connectivity index (χ2n) is 10.4. The van der Waals surface area contributed by atoms with E-state index in [9.17, 15) is 4.79 Å². The summed E-state index contributed by atoms with van der Waals surface area (Å²) in [5.41, 5.74) is 2.80. The fraction of sp³-hybridized carbons (Fsp3) is 0.667. The third kappa shape index (κ3) is 4.41. The van der Waals surface area contributed by atoms with Gasteiger partial charge in [-0.1, -0.05) is 30.2 Å². The third-order valence-corrected chi connectivity index (χ3v) is 7.90. The highest BCUT2D eigenvalue weighted by Gasteiger charge is 2.46. The zero-order valence-corrected chi connectivity index (χ0v) is 19.3. The standard InChI is InChI=1S/C27H38N2O2/c1-19(2)31-24-11-8-20(9-12-24)10-13-26(30)29-15-5-6-21-16-22-17-23(27(21)29)18-28-14-4-3-7-25(22)28/h8-9,11-12,16,19,22-23,25,27H,3-7,10,13-15,17-18H2,1-2H3/t22-,23-,25-,27-/m0/s1. The van der Waals surface area contributed by atoms with Crippen molar-refractivity contribution in [2.75, 3.05) is 19.6 Å². The summed E-state index contributed by atoms with van der Waals surface area (Å²) in [5.74, 6) is 2.61. The Bertz CT molecular complexity index is 815. The molecule has 0 unspecified atom stereocenters. The summed E-state index contributed by atoms with van der Waals surface area (Å²) in [6, 6.07) is 9.40. The van der Waals surface area contributed by atoms with E-state index in [0.29, 0.717) is 24.3 Å². The molecule has 31 heavy (non-hydrogen) atoms. The van der Waals surface area contributed by atoms with Crippen molar-refractivity contribution in [1.82, 2.24) is 9.80 Å². The molecule has 4 nitrogen and oxygen atoms in total. The highest BCUT2D eigenvalue weighted by molar-refractivity contribution is 5.77. The molecule has 4 heteroatoms. The Morgan fingerprint density at radius 1 is 1.13 bits per heavy atom. The fourth-order valence-corrected chi connectivity index (χ4v) is 6.65. The molecule has 0 N–H and O–H groups in total. The van der Waals surface area contributed by atoms with E-state index < -0.39 is 0 Å². The maximum Gasteiger partial charge on any atom is 0.223 e. The van der Waals surface area contributed by atoms with Crippen molar-refractivity contribution in [1.29, 1.82) is 0 Å². The van der Waals surface area contributed by atoms with E-state index in [4.69, 9.17) is 4.74 Å². The van der Waals surface area contributed by atoms with Crippen LogP contribution in [0.1, 0.15) is 64.4 Å². The minimum absolute atomic E-state index is 0.184. The van der Waals surface area contributed by atoms with Crippen LogP contribution in [0.15, 0.2) is 35.9 Å². The lowest BCUT2D eigenvalue weighted by Gasteiger charge is -2.54. The van der Waals surface area contributed by atoms with Crippen LogP contribution in [0.4, 0.5) is 0 Å². The highest BCUT2D eigenvalue weighted by atomic mass is 16.5. The first-order valence-electron chi connectivity index (χ1n) is 12.6. The minimum atomic E-state index is 0.184. The Hall–Kier alpha value is -1.81. The van der Waals surface area contributed by atoms with Gasteiger partial charge in [0.05, 0.1) is 12.1 Å². The molecule has 1 amide bonds. The number of piperidine rings is 3. The molecule has 3 fully saturated rings. The summed E-state index contributed by atoms with van der Waals surface area (Å²) in [4.78, 5) is 18.4. The summed E-state index contributed by atoms with van der Waals surface area (Å²) >= 11 is 0. The zero-order chi connectivity index (χ0) is 21.4. The molecule has 1 aromatic carbocycles. The van der Waals surface area contributed by atoms with Crippen molar-refractivity contribution >= 4 is 5.91 Å². The summed E-state index contributed by atoms with van der Waals surface area (Å²) in [6.07, 6.45) is 11.9. The predicted octanol–water partition coefficient (Wildman–Crippen LogP) is 4.83. The molecule has 0 spiro atoms. The number of rotatable bonds is 5. The quantitative estimate of drug-likeness (QED) is 0.637. The van der Waals surface area contributed by atoms with Crippen LogP contribution in [0.3, 0.4) is 0 Å². The van der Waals surface area contributed by atoms with Gasteiger partial charge in [0.2, 0.25) is 5.91 Å². The number of ether oxygens (including phenoxy) is 1. The molecule has 4 aliphatic rings. The lowest BCUT2D eigenvalue weighted by atomic mass is 9.68. The number of nitrogens with zero attached hydrogens (tertiary/aromatic N) is 2. The molecule has 3 heterocycles. The van der Waals surface area contributed by atoms with Crippen LogP contribution < -0.4 is 4.74 Å². The van der Waals surface area contributed by atoms with E-state index in [1.165, 1.54) is 50.8 Å². The SMILES string of the molecule is CC(C)Oc1ccc(CCC(=O)N2CCCC3=C[C@H]4C[C@@H](CN5CCCC[C@@H]45)[C@H]32)cc1. The van der Waals surface area contributed by atoms with Crippen molar-refractivity contribution in [2.24, 2.45) is 11.8 Å². The van der Waals surface area contributed by atoms with Crippen LogP contribution in [-0.2, 0) is 11.2 Å². The Labute approximate surface area is 187 Å². The maximum atomic E-state index is 13.3. The molecule has 0 radical (unpaired) electrons. The van der Waals surface area contributed by atoms with Crippen molar-refractivity contribution in [2.45, 2.75) is 83.4 Å². The van der Waals surface area contributed by atoms with Gasteiger partial charge in [0.25, 0.3) is 0 Å². The number of fused-ring (bicyclic) bond motifs is 6. The summed E-state index contributed by atoms with van der Waals surface area (Å²) in [6.45, 7) is 7.48. The van der Waals surface area contributed by atoms with Gasteiger partial charge in [0.1, 0.15) is 5.75 Å². The Kier molecular flexibility index (Phi) is 6.10. The molecule has 5 rings (SSSR count). The van der Waals surface area contributed by atoms with Crippen LogP contribution in [0, 0.1) is 11.8 Å². The van der Waals surface area contributed by atoms with E-state index in [0.717, 1.165) is 37.1 Å². The highest BCUT2D eigenvalue weighted by Crippen LogP contribution is 2.45. The van der Waals surface area contributed by atoms with Crippen LogP contribution in [-0.4, -0.2) is 53.5 Å². The lowest BCUT2D eigenvalue weighted by Crippen LogP contribution is -2.60. The average Bonchev–Trinajstić information content (AvgIpc) is 2.78. The van der Waals surface area contributed by atoms with Gasteiger partial charge in [0.15, 0.2) is 0 Å². The van der Waals surface area contributed by atoms with Crippen molar-refractivity contribution in [3.05, 3.63) is 41.5 Å². The molecule has 1 aliphatic carbocycles. The first-order valence-corrected chi connectivity index (χ1v) is 12.6. The smallest absolute Gasteiger partial charge is 0.223 e. The first kappa shape index (κ1) is 21.1. The Morgan fingerprint density at radius 3 is 2.77 bits per heavy atom. The maximum absolute atomic E-state index is 13.3. The van der Waals surface area contributed by atoms with E-state index in [-0.39, 0.29) is 6.10 Å².